The maximum atomic E-state index is 13.5. The second-order valence-electron chi connectivity index (χ2n) is 8.31. The fourth-order valence-electron chi connectivity index (χ4n) is 3.75. The fourth-order valence-corrected chi connectivity index (χ4v) is 5.88. The summed E-state index contributed by atoms with van der Waals surface area (Å²) in [5.74, 6) is -1.03. The van der Waals surface area contributed by atoms with Crippen molar-refractivity contribution in [2.45, 2.75) is 17.4 Å². The first-order valence-electron chi connectivity index (χ1n) is 11.4. The fraction of sp³-hybridized carbons (Fsp3) is 0.0714. The van der Waals surface area contributed by atoms with Crippen LogP contribution in [0, 0.1) is 0 Å². The van der Waals surface area contributed by atoms with Crippen LogP contribution >= 0.6 is 34.8 Å². The number of carbonyl (C=O) groups is 2. The highest BCUT2D eigenvalue weighted by Crippen LogP contribution is 2.27. The molecule has 0 aliphatic rings. The average Bonchev–Trinajstić information content (AvgIpc) is 2.91. The van der Waals surface area contributed by atoms with Gasteiger partial charge in [-0.25, -0.2) is 8.42 Å². The predicted molar refractivity (Wildman–Crippen MR) is 151 cm³/mol. The summed E-state index contributed by atoms with van der Waals surface area (Å²) >= 11 is 18.3. The van der Waals surface area contributed by atoms with E-state index in [0.29, 0.717) is 16.1 Å². The van der Waals surface area contributed by atoms with Gasteiger partial charge in [-0.15, -0.1) is 0 Å². The molecule has 6 nitrogen and oxygen atoms in total. The minimum absolute atomic E-state index is 0.0274. The summed E-state index contributed by atoms with van der Waals surface area (Å²) in [5.41, 5.74) is 1.47. The topological polar surface area (TPSA) is 92.3 Å². The van der Waals surface area contributed by atoms with Gasteiger partial charge in [-0.3, -0.25) is 9.59 Å². The van der Waals surface area contributed by atoms with Crippen molar-refractivity contribution < 1.29 is 18.0 Å². The van der Waals surface area contributed by atoms with Gasteiger partial charge in [0.1, 0.15) is 10.9 Å². The standard InChI is InChI=1S/C28H21Cl3N2O4S/c29-20-12-14-24(22(16-20)27(34)19-9-5-2-6-10-19)32-28(35)25(15-18-7-3-1-4-8-18)33-38(36,37)26-17-21(30)11-13-23(26)31/h1-14,16-17,25,33H,15H2,(H,32,35)/t25-/m0/s1. The Morgan fingerprint density at radius 1 is 0.763 bits per heavy atom. The van der Waals surface area contributed by atoms with Crippen LogP contribution in [0.3, 0.4) is 0 Å². The van der Waals surface area contributed by atoms with E-state index in [-0.39, 0.29) is 38.4 Å². The summed E-state index contributed by atoms with van der Waals surface area (Å²) in [7, 11) is -4.26. The number of sulfonamides is 1. The Bertz CT molecular complexity index is 1580. The molecule has 0 fully saturated rings. The van der Waals surface area contributed by atoms with E-state index < -0.39 is 22.0 Å². The number of ketones is 1. The molecule has 0 spiro atoms. The number of rotatable bonds is 9. The Hall–Kier alpha value is -3.20. The SMILES string of the molecule is O=C(c1ccccc1)c1cc(Cl)ccc1NC(=O)[C@H](Cc1ccccc1)NS(=O)(=O)c1cc(Cl)ccc1Cl. The first-order chi connectivity index (χ1) is 18.1. The third-order valence-electron chi connectivity index (χ3n) is 5.60. The van der Waals surface area contributed by atoms with E-state index in [4.69, 9.17) is 34.8 Å². The molecule has 0 bridgehead atoms. The van der Waals surface area contributed by atoms with E-state index in [2.05, 4.69) is 10.0 Å². The molecule has 1 atom stereocenters. The van der Waals surface area contributed by atoms with Gasteiger partial charge < -0.3 is 5.32 Å². The highest BCUT2D eigenvalue weighted by Gasteiger charge is 2.29. The van der Waals surface area contributed by atoms with E-state index in [1.165, 1.54) is 36.4 Å². The zero-order valence-corrected chi connectivity index (χ0v) is 22.8. The lowest BCUT2D eigenvalue weighted by molar-refractivity contribution is -0.117. The van der Waals surface area contributed by atoms with E-state index in [1.54, 1.807) is 54.6 Å². The van der Waals surface area contributed by atoms with Gasteiger partial charge in [0, 0.05) is 21.2 Å². The smallest absolute Gasteiger partial charge is 0.242 e. The summed E-state index contributed by atoms with van der Waals surface area (Å²) in [6.07, 6.45) is 0.0274. The number of carbonyl (C=O) groups excluding carboxylic acids is 2. The molecule has 0 radical (unpaired) electrons. The zero-order valence-electron chi connectivity index (χ0n) is 19.7. The van der Waals surface area contributed by atoms with Crippen molar-refractivity contribution in [2.75, 3.05) is 5.32 Å². The van der Waals surface area contributed by atoms with Crippen molar-refractivity contribution in [3.05, 3.63) is 129 Å². The lowest BCUT2D eigenvalue weighted by atomic mass is 10.0. The van der Waals surface area contributed by atoms with Gasteiger partial charge in [-0.1, -0.05) is 95.5 Å². The number of anilines is 1. The van der Waals surface area contributed by atoms with Crippen LogP contribution in [0.4, 0.5) is 5.69 Å². The van der Waals surface area contributed by atoms with Gasteiger partial charge in [0.15, 0.2) is 5.78 Å². The van der Waals surface area contributed by atoms with Gasteiger partial charge in [-0.2, -0.15) is 4.72 Å². The van der Waals surface area contributed by atoms with Gasteiger partial charge >= 0.3 is 0 Å². The minimum atomic E-state index is -4.26. The van der Waals surface area contributed by atoms with Crippen molar-refractivity contribution in [1.29, 1.82) is 0 Å². The molecule has 2 N–H and O–H groups in total. The highest BCUT2D eigenvalue weighted by atomic mass is 35.5. The quantitative estimate of drug-likeness (QED) is 0.222. The zero-order chi connectivity index (χ0) is 27.3. The summed E-state index contributed by atoms with van der Waals surface area (Å²) < 4.78 is 29.0. The number of benzene rings is 4. The Balaban J connectivity index is 1.68. The summed E-state index contributed by atoms with van der Waals surface area (Å²) in [5, 5.41) is 3.13. The van der Waals surface area contributed by atoms with Gasteiger partial charge in [0.25, 0.3) is 0 Å². The Kier molecular flexibility index (Phi) is 8.87. The van der Waals surface area contributed by atoms with Crippen LogP contribution < -0.4 is 10.0 Å². The molecule has 1 amide bonds. The molecule has 194 valence electrons. The van der Waals surface area contributed by atoms with Crippen LogP contribution in [-0.2, 0) is 21.2 Å². The van der Waals surface area contributed by atoms with Crippen LogP contribution in [0.2, 0.25) is 15.1 Å². The number of nitrogens with one attached hydrogen (secondary N) is 2. The third kappa shape index (κ3) is 6.81. The van der Waals surface area contributed by atoms with Crippen LogP contribution in [0.25, 0.3) is 0 Å². The van der Waals surface area contributed by atoms with Crippen LogP contribution in [0.15, 0.2) is 102 Å². The van der Waals surface area contributed by atoms with Gasteiger partial charge in [0.2, 0.25) is 15.9 Å². The molecule has 0 heterocycles. The number of hydrogen-bond donors (Lipinski definition) is 2. The molecule has 4 aromatic rings. The Morgan fingerprint density at radius 2 is 1.37 bits per heavy atom. The molecule has 10 heteroatoms. The van der Waals surface area contributed by atoms with Crippen LogP contribution in [0.5, 0.6) is 0 Å². The highest BCUT2D eigenvalue weighted by molar-refractivity contribution is 7.89. The van der Waals surface area contributed by atoms with Crippen molar-refractivity contribution in [1.82, 2.24) is 4.72 Å². The van der Waals surface area contributed by atoms with E-state index in [9.17, 15) is 18.0 Å². The second kappa shape index (κ2) is 12.1. The van der Waals surface area contributed by atoms with Crippen molar-refractivity contribution in [3.8, 4) is 0 Å². The monoisotopic (exact) mass is 586 g/mol. The molecule has 0 unspecified atom stereocenters. The molecular formula is C28H21Cl3N2O4S. The number of hydrogen-bond acceptors (Lipinski definition) is 4. The van der Waals surface area contributed by atoms with Crippen LogP contribution in [0.1, 0.15) is 21.5 Å². The summed E-state index contributed by atoms with van der Waals surface area (Å²) in [6.45, 7) is 0. The number of halogens is 3. The molecule has 4 rings (SSSR count). The van der Waals surface area contributed by atoms with Crippen molar-refractivity contribution in [2.24, 2.45) is 0 Å². The van der Waals surface area contributed by atoms with Crippen molar-refractivity contribution in [3.63, 3.8) is 0 Å². The molecule has 0 aliphatic heterocycles. The second-order valence-corrected chi connectivity index (χ2v) is 11.3. The maximum Gasteiger partial charge on any atom is 0.242 e. The molecule has 0 saturated heterocycles. The third-order valence-corrected chi connectivity index (χ3v) is 8.02. The van der Waals surface area contributed by atoms with E-state index in [0.717, 1.165) is 0 Å². The summed E-state index contributed by atoms with van der Waals surface area (Å²) in [6, 6.07) is 24.7. The Morgan fingerprint density at radius 3 is 2.05 bits per heavy atom. The van der Waals surface area contributed by atoms with E-state index in [1.807, 2.05) is 6.07 Å². The normalized spacial score (nSPS) is 12.1. The number of amides is 1. The lowest BCUT2D eigenvalue weighted by Crippen LogP contribution is -2.45. The van der Waals surface area contributed by atoms with Gasteiger partial charge in [-0.05, 0) is 48.4 Å². The molecule has 0 saturated carbocycles. The molecule has 38 heavy (non-hydrogen) atoms. The lowest BCUT2D eigenvalue weighted by Gasteiger charge is -2.20. The van der Waals surface area contributed by atoms with Crippen LogP contribution in [-0.4, -0.2) is 26.2 Å². The Labute approximate surface area is 235 Å². The molecular weight excluding hydrogens is 567 g/mol. The first kappa shape index (κ1) is 27.8. The average molecular weight is 588 g/mol. The van der Waals surface area contributed by atoms with Gasteiger partial charge in [0.05, 0.1) is 10.7 Å². The van der Waals surface area contributed by atoms with Crippen molar-refractivity contribution >= 4 is 62.2 Å². The molecule has 4 aromatic carbocycles. The molecule has 0 aliphatic carbocycles. The minimum Gasteiger partial charge on any atom is -0.324 e. The largest absolute Gasteiger partial charge is 0.324 e. The van der Waals surface area contributed by atoms with E-state index >= 15 is 0 Å². The predicted octanol–water partition coefficient (Wildman–Crippen LogP) is 6.41. The summed E-state index contributed by atoms with van der Waals surface area (Å²) in [4.78, 5) is 26.5. The first-order valence-corrected chi connectivity index (χ1v) is 14.0. The molecule has 0 aromatic heterocycles. The maximum absolute atomic E-state index is 13.5.